The Morgan fingerprint density at radius 2 is 2.27 bits per heavy atom. The molecule has 0 bridgehead atoms. The van der Waals surface area contributed by atoms with E-state index in [0.717, 1.165) is 12.3 Å². The van der Waals surface area contributed by atoms with E-state index in [0.29, 0.717) is 5.92 Å². The van der Waals surface area contributed by atoms with Crippen LogP contribution in [0, 0.1) is 11.8 Å². The third-order valence-electron chi connectivity index (χ3n) is 2.93. The van der Waals surface area contributed by atoms with Gasteiger partial charge in [-0.25, -0.2) is 4.79 Å². The predicted octanol–water partition coefficient (Wildman–Crippen LogP) is 2.85. The van der Waals surface area contributed by atoms with Crippen LogP contribution < -0.4 is 0 Å². The van der Waals surface area contributed by atoms with Crippen molar-refractivity contribution in [1.82, 2.24) is 0 Å². The number of hydrogen-bond donors (Lipinski definition) is 0. The quantitative estimate of drug-likeness (QED) is 0.374. The summed E-state index contributed by atoms with van der Waals surface area (Å²) in [5, 5.41) is 0. The van der Waals surface area contributed by atoms with Gasteiger partial charge in [-0.1, -0.05) is 17.7 Å². The molecule has 2 aliphatic rings. The van der Waals surface area contributed by atoms with Crippen LogP contribution in [-0.4, -0.2) is 11.6 Å². The second kappa shape index (κ2) is 3.51. The first-order chi connectivity index (χ1) is 6.96. The van der Waals surface area contributed by atoms with E-state index in [1.54, 1.807) is 6.08 Å². The van der Waals surface area contributed by atoms with Gasteiger partial charge in [0.2, 0.25) is 0 Å². The van der Waals surface area contributed by atoms with Gasteiger partial charge in [-0.2, -0.15) is 0 Å². The van der Waals surface area contributed by atoms with Gasteiger partial charge in [0.25, 0.3) is 0 Å². The number of fused-ring (bicyclic) bond motifs is 1. The Balaban J connectivity index is 1.94. The van der Waals surface area contributed by atoms with Crippen LogP contribution in [0.15, 0.2) is 23.8 Å². The molecule has 2 unspecified atom stereocenters. The Morgan fingerprint density at radius 3 is 2.87 bits per heavy atom. The number of allylic oxidation sites excluding steroid dienone is 3. The molecule has 0 aromatic rings. The summed E-state index contributed by atoms with van der Waals surface area (Å²) in [7, 11) is 0. The lowest BCUT2D eigenvalue weighted by Crippen LogP contribution is -2.27. The van der Waals surface area contributed by atoms with Gasteiger partial charge >= 0.3 is 5.97 Å². The van der Waals surface area contributed by atoms with E-state index in [1.165, 1.54) is 12.0 Å². The molecule has 0 amide bonds. The molecule has 2 rings (SSSR count). The van der Waals surface area contributed by atoms with Crippen LogP contribution in [0.1, 0.15) is 33.6 Å². The number of carbonyl (C=O) groups excluding carboxylic acids is 1. The molecule has 0 radical (unpaired) electrons. The van der Waals surface area contributed by atoms with Crippen molar-refractivity contribution in [3.05, 3.63) is 23.8 Å². The van der Waals surface area contributed by atoms with Gasteiger partial charge in [0.1, 0.15) is 5.60 Å². The van der Waals surface area contributed by atoms with Crippen molar-refractivity contribution < 1.29 is 9.53 Å². The van der Waals surface area contributed by atoms with E-state index >= 15 is 0 Å². The molecule has 0 aromatic carbocycles. The number of carbonyl (C=O) groups is 1. The Hall–Kier alpha value is -1.05. The molecule has 2 atom stereocenters. The van der Waals surface area contributed by atoms with Crippen molar-refractivity contribution in [1.29, 1.82) is 0 Å². The highest BCUT2D eigenvalue weighted by Gasteiger charge is 2.36. The smallest absolute Gasteiger partial charge is 0.331 e. The topological polar surface area (TPSA) is 26.3 Å². The minimum atomic E-state index is -0.386. The fourth-order valence-corrected chi connectivity index (χ4v) is 2.26. The minimum Gasteiger partial charge on any atom is -0.457 e. The Morgan fingerprint density at radius 1 is 1.53 bits per heavy atom. The van der Waals surface area contributed by atoms with Gasteiger partial charge in [-0.05, 0) is 39.5 Å². The summed E-state index contributed by atoms with van der Waals surface area (Å²) >= 11 is 0. The molecule has 0 saturated heterocycles. The van der Waals surface area contributed by atoms with E-state index in [4.69, 9.17) is 4.74 Å². The van der Waals surface area contributed by atoms with E-state index in [1.807, 2.05) is 20.8 Å². The summed E-state index contributed by atoms with van der Waals surface area (Å²) in [6.07, 6.45) is 8.35. The molecule has 2 heteroatoms. The first-order valence-corrected chi connectivity index (χ1v) is 5.56. The van der Waals surface area contributed by atoms with Crippen LogP contribution in [0.2, 0.25) is 0 Å². The summed E-state index contributed by atoms with van der Waals surface area (Å²) in [6.45, 7) is 5.67. The Kier molecular flexibility index (Phi) is 2.45. The van der Waals surface area contributed by atoms with Crippen LogP contribution in [0.4, 0.5) is 0 Å². The van der Waals surface area contributed by atoms with Crippen LogP contribution >= 0.6 is 0 Å². The molecular formula is C13H18O2. The SMILES string of the molecule is CC(C)(C)OC(=O)C=C1CC2CC=CC12. The number of esters is 1. The van der Waals surface area contributed by atoms with Crippen molar-refractivity contribution in [3.8, 4) is 0 Å². The number of rotatable bonds is 1. The average Bonchev–Trinajstić information content (AvgIpc) is 2.39. The van der Waals surface area contributed by atoms with Crippen LogP contribution in [0.3, 0.4) is 0 Å². The number of ether oxygens (including phenoxy) is 1. The average molecular weight is 206 g/mol. The molecule has 0 aromatic heterocycles. The van der Waals surface area contributed by atoms with Crippen molar-refractivity contribution in [2.75, 3.05) is 0 Å². The van der Waals surface area contributed by atoms with Gasteiger partial charge < -0.3 is 4.74 Å². The molecule has 1 saturated carbocycles. The van der Waals surface area contributed by atoms with Gasteiger partial charge in [0.15, 0.2) is 0 Å². The van der Waals surface area contributed by atoms with Gasteiger partial charge in [-0.3, -0.25) is 0 Å². The zero-order chi connectivity index (χ0) is 11.1. The van der Waals surface area contributed by atoms with Gasteiger partial charge in [0.05, 0.1) is 0 Å². The lowest BCUT2D eigenvalue weighted by molar-refractivity contribution is -0.148. The lowest BCUT2D eigenvalue weighted by Gasteiger charge is -2.33. The monoisotopic (exact) mass is 206 g/mol. The second-order valence-electron chi connectivity index (χ2n) is 5.41. The fraction of sp³-hybridized carbons (Fsp3) is 0.615. The summed E-state index contributed by atoms with van der Waals surface area (Å²) in [4.78, 5) is 11.5. The highest BCUT2D eigenvalue weighted by atomic mass is 16.6. The minimum absolute atomic E-state index is 0.198. The van der Waals surface area contributed by atoms with Crippen LogP contribution in [0.5, 0.6) is 0 Å². The normalized spacial score (nSPS) is 31.3. The fourth-order valence-electron chi connectivity index (χ4n) is 2.26. The zero-order valence-corrected chi connectivity index (χ0v) is 9.62. The zero-order valence-electron chi connectivity index (χ0n) is 9.62. The number of hydrogen-bond acceptors (Lipinski definition) is 2. The highest BCUT2D eigenvalue weighted by molar-refractivity contribution is 5.83. The summed E-state index contributed by atoms with van der Waals surface area (Å²) in [6, 6.07) is 0. The Bertz CT molecular complexity index is 331. The first-order valence-electron chi connectivity index (χ1n) is 5.56. The second-order valence-corrected chi connectivity index (χ2v) is 5.41. The molecule has 82 valence electrons. The summed E-state index contributed by atoms with van der Waals surface area (Å²) in [5.74, 6) is 1.09. The maximum atomic E-state index is 11.5. The van der Waals surface area contributed by atoms with E-state index in [9.17, 15) is 4.79 Å². The molecule has 15 heavy (non-hydrogen) atoms. The van der Waals surface area contributed by atoms with Crippen molar-refractivity contribution in [2.45, 2.75) is 39.2 Å². The molecular weight excluding hydrogens is 188 g/mol. The Labute approximate surface area is 91.0 Å². The third kappa shape index (κ3) is 2.31. The molecule has 2 aliphatic carbocycles. The summed E-state index contributed by atoms with van der Waals surface area (Å²) in [5.41, 5.74) is 0.853. The molecule has 0 heterocycles. The molecule has 1 fully saturated rings. The van der Waals surface area contributed by atoms with Crippen molar-refractivity contribution in [3.63, 3.8) is 0 Å². The molecule has 2 nitrogen and oxygen atoms in total. The third-order valence-corrected chi connectivity index (χ3v) is 2.93. The standard InChI is InChI=1S/C13H18O2/c1-13(2,3)15-12(14)8-10-7-9-5-4-6-11(9)10/h4,6,8-9,11H,5,7H2,1-3H3. The highest BCUT2D eigenvalue weighted by Crippen LogP contribution is 2.46. The van der Waals surface area contributed by atoms with Crippen molar-refractivity contribution in [2.24, 2.45) is 11.8 Å². The van der Waals surface area contributed by atoms with E-state index < -0.39 is 0 Å². The maximum absolute atomic E-state index is 11.5. The van der Waals surface area contributed by atoms with Crippen LogP contribution in [-0.2, 0) is 9.53 Å². The van der Waals surface area contributed by atoms with E-state index in [-0.39, 0.29) is 11.6 Å². The van der Waals surface area contributed by atoms with E-state index in [2.05, 4.69) is 12.2 Å². The van der Waals surface area contributed by atoms with Crippen LogP contribution in [0.25, 0.3) is 0 Å². The lowest BCUT2D eigenvalue weighted by atomic mass is 9.71. The summed E-state index contributed by atoms with van der Waals surface area (Å²) < 4.78 is 5.25. The molecule has 0 spiro atoms. The van der Waals surface area contributed by atoms with Gasteiger partial charge in [-0.15, -0.1) is 0 Å². The largest absolute Gasteiger partial charge is 0.457 e. The first kappa shape index (κ1) is 10.5. The van der Waals surface area contributed by atoms with Crippen molar-refractivity contribution >= 4 is 5.97 Å². The molecule has 0 N–H and O–H groups in total. The molecule has 0 aliphatic heterocycles. The predicted molar refractivity (Wildman–Crippen MR) is 59.3 cm³/mol. The van der Waals surface area contributed by atoms with Gasteiger partial charge in [0, 0.05) is 12.0 Å². The maximum Gasteiger partial charge on any atom is 0.331 e.